The van der Waals surface area contributed by atoms with Crippen molar-refractivity contribution in [3.63, 3.8) is 0 Å². The number of rotatable bonds is 4. The number of aromatic amines is 1. The van der Waals surface area contributed by atoms with E-state index in [1.54, 1.807) is 6.07 Å². The number of benzene rings is 2. The van der Waals surface area contributed by atoms with Crippen LogP contribution in [0.15, 0.2) is 47.3 Å². The number of nitrogens with zero attached hydrogens (tertiary/aromatic N) is 5. The minimum absolute atomic E-state index is 0.230. The summed E-state index contributed by atoms with van der Waals surface area (Å²) in [4.78, 5) is 14.0. The molecule has 4 aromatic rings. The Kier molecular flexibility index (Phi) is 3.94. The number of aromatic nitrogens is 5. The predicted octanol–water partition coefficient (Wildman–Crippen LogP) is 2.08. The maximum atomic E-state index is 12.1. The molecule has 0 atom stereocenters. The Hall–Kier alpha value is -3.88. The van der Waals surface area contributed by atoms with Gasteiger partial charge in [0, 0.05) is 26.0 Å². The number of ether oxygens (including phenoxy) is 2. The first-order chi connectivity index (χ1) is 14.1. The molecule has 0 unspecified atom stereocenters. The zero-order valence-corrected chi connectivity index (χ0v) is 15.9. The van der Waals surface area contributed by atoms with E-state index in [0.29, 0.717) is 29.4 Å². The maximum Gasteiger partial charge on any atom is 0.272 e. The van der Waals surface area contributed by atoms with Gasteiger partial charge in [-0.15, -0.1) is 10.2 Å². The van der Waals surface area contributed by atoms with Gasteiger partial charge in [-0.2, -0.15) is 5.10 Å². The summed E-state index contributed by atoms with van der Waals surface area (Å²) in [6, 6.07) is 13.2. The molecule has 9 nitrogen and oxygen atoms in total. The third-order valence-electron chi connectivity index (χ3n) is 4.96. The molecule has 3 heterocycles. The van der Waals surface area contributed by atoms with Gasteiger partial charge in [-0.1, -0.05) is 24.3 Å². The Morgan fingerprint density at radius 3 is 2.76 bits per heavy atom. The molecule has 0 fully saturated rings. The van der Waals surface area contributed by atoms with Gasteiger partial charge in [-0.3, -0.25) is 9.36 Å². The lowest BCUT2D eigenvalue weighted by Gasteiger charge is -2.18. The summed E-state index contributed by atoms with van der Waals surface area (Å²) in [5, 5.41) is 16.7. The summed E-state index contributed by atoms with van der Waals surface area (Å²) in [5.74, 6) is 2.76. The molecular weight excluding hydrogens is 372 g/mol. The molecule has 9 heteroatoms. The van der Waals surface area contributed by atoms with Crippen LogP contribution in [0.1, 0.15) is 5.56 Å². The fourth-order valence-electron chi connectivity index (χ4n) is 3.53. The second-order valence-electron chi connectivity index (χ2n) is 6.87. The van der Waals surface area contributed by atoms with Gasteiger partial charge in [0.15, 0.2) is 17.3 Å². The molecule has 2 aromatic carbocycles. The van der Waals surface area contributed by atoms with E-state index >= 15 is 0 Å². The van der Waals surface area contributed by atoms with Gasteiger partial charge in [0.2, 0.25) is 12.7 Å². The van der Waals surface area contributed by atoms with Crippen molar-refractivity contribution < 1.29 is 9.47 Å². The molecule has 0 saturated carbocycles. The summed E-state index contributed by atoms with van der Waals surface area (Å²) in [6.45, 7) is 0.865. The molecule has 0 bridgehead atoms. The van der Waals surface area contributed by atoms with Gasteiger partial charge in [0.05, 0.1) is 5.39 Å². The summed E-state index contributed by atoms with van der Waals surface area (Å²) in [6.07, 6.45) is 0. The first-order valence-electron chi connectivity index (χ1n) is 9.08. The van der Waals surface area contributed by atoms with Crippen LogP contribution in [0.3, 0.4) is 0 Å². The third kappa shape index (κ3) is 2.87. The first kappa shape index (κ1) is 17.2. The smallest absolute Gasteiger partial charge is 0.272 e. The van der Waals surface area contributed by atoms with Crippen molar-refractivity contribution in [2.45, 2.75) is 6.54 Å². The molecule has 0 aliphatic carbocycles. The van der Waals surface area contributed by atoms with Crippen molar-refractivity contribution in [3.05, 3.63) is 58.4 Å². The molecule has 1 aliphatic rings. The lowest BCUT2D eigenvalue weighted by Crippen LogP contribution is -2.20. The monoisotopic (exact) mass is 390 g/mol. The largest absolute Gasteiger partial charge is 0.454 e. The minimum Gasteiger partial charge on any atom is -0.454 e. The maximum absolute atomic E-state index is 12.1. The number of fused-ring (bicyclic) bond motifs is 2. The van der Waals surface area contributed by atoms with E-state index < -0.39 is 0 Å². The second kappa shape index (κ2) is 6.62. The van der Waals surface area contributed by atoms with E-state index in [1.165, 1.54) is 0 Å². The van der Waals surface area contributed by atoms with Crippen molar-refractivity contribution in [2.75, 3.05) is 18.7 Å². The highest BCUT2D eigenvalue weighted by molar-refractivity contribution is 5.92. The summed E-state index contributed by atoms with van der Waals surface area (Å²) < 4.78 is 12.7. The molecule has 1 N–H and O–H groups in total. The second-order valence-corrected chi connectivity index (χ2v) is 6.87. The molecule has 0 saturated heterocycles. The van der Waals surface area contributed by atoms with Crippen LogP contribution in [-0.2, 0) is 13.6 Å². The fourth-order valence-corrected chi connectivity index (χ4v) is 3.53. The highest BCUT2D eigenvalue weighted by Crippen LogP contribution is 2.33. The zero-order valence-electron chi connectivity index (χ0n) is 15.9. The Bertz CT molecular complexity index is 1280. The molecule has 0 spiro atoms. The van der Waals surface area contributed by atoms with Crippen molar-refractivity contribution in [3.8, 4) is 23.0 Å². The Balaban J connectivity index is 1.48. The van der Waals surface area contributed by atoms with Gasteiger partial charge >= 0.3 is 0 Å². The number of hydrogen-bond acceptors (Lipinski definition) is 7. The van der Waals surface area contributed by atoms with Gasteiger partial charge < -0.3 is 14.4 Å². The third-order valence-corrected chi connectivity index (χ3v) is 4.96. The van der Waals surface area contributed by atoms with E-state index in [1.807, 2.05) is 60.0 Å². The number of nitrogens with one attached hydrogen (secondary N) is 1. The van der Waals surface area contributed by atoms with Crippen LogP contribution < -0.4 is 19.9 Å². The molecule has 0 radical (unpaired) electrons. The van der Waals surface area contributed by atoms with Crippen LogP contribution in [0.4, 0.5) is 5.95 Å². The highest BCUT2D eigenvalue weighted by atomic mass is 16.7. The van der Waals surface area contributed by atoms with Gasteiger partial charge in [0.25, 0.3) is 5.56 Å². The molecule has 146 valence electrons. The lowest BCUT2D eigenvalue weighted by atomic mass is 10.1. The summed E-state index contributed by atoms with van der Waals surface area (Å²) in [5.41, 5.74) is 1.42. The van der Waals surface area contributed by atoms with Crippen LogP contribution in [0.2, 0.25) is 0 Å². The lowest BCUT2D eigenvalue weighted by molar-refractivity contribution is 0.174. The van der Waals surface area contributed by atoms with Crippen LogP contribution in [-0.4, -0.2) is 38.8 Å². The summed E-state index contributed by atoms with van der Waals surface area (Å²) in [7, 11) is 3.82. The minimum atomic E-state index is -0.230. The molecule has 5 rings (SSSR count). The SMILES string of the molecule is CN(Cc1ccc2c(c1)OCO2)c1nnc(-c2n[nH]c(=O)c3ccccc23)n1C. The highest BCUT2D eigenvalue weighted by Gasteiger charge is 2.19. The Labute approximate surface area is 165 Å². The van der Waals surface area contributed by atoms with E-state index in [-0.39, 0.29) is 12.4 Å². The van der Waals surface area contributed by atoms with Gasteiger partial charge in [-0.25, -0.2) is 5.10 Å². The fraction of sp³-hybridized carbons (Fsp3) is 0.200. The quantitative estimate of drug-likeness (QED) is 0.570. The topological polar surface area (TPSA) is 98.2 Å². The van der Waals surface area contributed by atoms with Crippen LogP contribution >= 0.6 is 0 Å². The normalized spacial score (nSPS) is 12.5. The van der Waals surface area contributed by atoms with E-state index in [2.05, 4.69) is 20.4 Å². The van der Waals surface area contributed by atoms with Crippen molar-refractivity contribution >= 4 is 16.7 Å². The number of anilines is 1. The standard InChI is InChI=1S/C20H18N6O3/c1-25(10-12-7-8-15-16(9-12)29-11-28-15)20-24-22-18(26(20)2)17-13-5-3-4-6-14(13)19(27)23-21-17/h3-9H,10-11H2,1-2H3,(H,23,27). The average molecular weight is 390 g/mol. The molecule has 1 aliphatic heterocycles. The molecular formula is C20H18N6O3. The number of hydrogen-bond donors (Lipinski definition) is 1. The van der Waals surface area contributed by atoms with Crippen molar-refractivity contribution in [1.29, 1.82) is 0 Å². The van der Waals surface area contributed by atoms with E-state index in [0.717, 1.165) is 22.4 Å². The van der Waals surface area contributed by atoms with Crippen molar-refractivity contribution in [2.24, 2.45) is 7.05 Å². The molecule has 29 heavy (non-hydrogen) atoms. The number of H-pyrrole nitrogens is 1. The van der Waals surface area contributed by atoms with Gasteiger partial charge in [-0.05, 0) is 23.8 Å². The molecule has 2 aromatic heterocycles. The summed E-state index contributed by atoms with van der Waals surface area (Å²) >= 11 is 0. The van der Waals surface area contributed by atoms with Crippen molar-refractivity contribution in [1.82, 2.24) is 25.0 Å². The van der Waals surface area contributed by atoms with E-state index in [4.69, 9.17) is 9.47 Å². The van der Waals surface area contributed by atoms with E-state index in [9.17, 15) is 4.79 Å². The Morgan fingerprint density at radius 2 is 1.90 bits per heavy atom. The Morgan fingerprint density at radius 1 is 1.10 bits per heavy atom. The first-order valence-corrected chi connectivity index (χ1v) is 9.08. The zero-order chi connectivity index (χ0) is 20.0. The van der Waals surface area contributed by atoms with Crippen LogP contribution in [0.5, 0.6) is 11.5 Å². The van der Waals surface area contributed by atoms with Crippen LogP contribution in [0.25, 0.3) is 22.3 Å². The van der Waals surface area contributed by atoms with Crippen LogP contribution in [0, 0.1) is 0 Å². The predicted molar refractivity (Wildman–Crippen MR) is 107 cm³/mol. The molecule has 0 amide bonds. The van der Waals surface area contributed by atoms with Gasteiger partial charge in [0.1, 0.15) is 5.69 Å². The average Bonchev–Trinajstić information content (AvgIpc) is 3.35.